The van der Waals surface area contributed by atoms with Gasteiger partial charge >= 0.3 is 0 Å². The Balaban J connectivity index is 2.04. The van der Waals surface area contributed by atoms with Crippen LogP contribution in [-0.4, -0.2) is 14.6 Å². The molecule has 0 aliphatic carbocycles. The van der Waals surface area contributed by atoms with Crippen LogP contribution in [0.3, 0.4) is 0 Å². The van der Waals surface area contributed by atoms with E-state index in [4.69, 9.17) is 0 Å². The molecule has 2 aromatic heterocycles. The van der Waals surface area contributed by atoms with Crippen LogP contribution in [0.15, 0.2) is 66.7 Å². The topological polar surface area (TPSA) is 30.2 Å². The molecule has 3 nitrogen and oxygen atoms in total. The molecule has 0 fully saturated rings. The average Bonchev–Trinajstić information content (AvgIpc) is 2.95. The Morgan fingerprint density at radius 1 is 0.913 bits per heavy atom. The van der Waals surface area contributed by atoms with Crippen LogP contribution >= 0.6 is 0 Å². The Morgan fingerprint density at radius 2 is 1.65 bits per heavy atom. The molecule has 2 heterocycles. The largest absolute Gasteiger partial charge is 0.228 e. The smallest absolute Gasteiger partial charge is 0.156 e. The lowest BCUT2D eigenvalue weighted by molar-refractivity contribution is 0.630. The fourth-order valence-corrected chi connectivity index (χ4v) is 2.71. The van der Waals surface area contributed by atoms with Crippen molar-refractivity contribution < 1.29 is 4.39 Å². The van der Waals surface area contributed by atoms with E-state index in [1.165, 1.54) is 6.07 Å². The van der Waals surface area contributed by atoms with E-state index in [1.807, 2.05) is 55.5 Å². The summed E-state index contributed by atoms with van der Waals surface area (Å²) in [4.78, 5) is 4.66. The fourth-order valence-electron chi connectivity index (χ4n) is 2.71. The van der Waals surface area contributed by atoms with Crippen molar-refractivity contribution in [3.8, 4) is 22.5 Å². The molecule has 0 N–H and O–H groups in total. The zero-order valence-corrected chi connectivity index (χ0v) is 12.6. The summed E-state index contributed by atoms with van der Waals surface area (Å²) >= 11 is 0. The normalized spacial score (nSPS) is 11.0. The molecule has 0 amide bonds. The second-order valence-electron chi connectivity index (χ2n) is 5.43. The van der Waals surface area contributed by atoms with Gasteiger partial charge in [-0.05, 0) is 25.1 Å². The first-order valence-electron chi connectivity index (χ1n) is 7.40. The number of hydrogen-bond donors (Lipinski definition) is 0. The molecule has 112 valence electrons. The molecule has 0 bridgehead atoms. The summed E-state index contributed by atoms with van der Waals surface area (Å²) in [5, 5.41) is 4.45. The van der Waals surface area contributed by atoms with E-state index in [0.717, 1.165) is 17.0 Å². The van der Waals surface area contributed by atoms with Gasteiger partial charge in [0.1, 0.15) is 5.82 Å². The van der Waals surface area contributed by atoms with Gasteiger partial charge in [-0.15, -0.1) is 0 Å². The molecule has 4 heteroatoms. The van der Waals surface area contributed by atoms with Crippen molar-refractivity contribution in [3.05, 3.63) is 78.2 Å². The van der Waals surface area contributed by atoms with E-state index in [9.17, 15) is 4.39 Å². The molecule has 2 aromatic carbocycles. The quantitative estimate of drug-likeness (QED) is 0.545. The molecular weight excluding hydrogens is 289 g/mol. The summed E-state index contributed by atoms with van der Waals surface area (Å²) in [6.07, 6.45) is 0. The minimum absolute atomic E-state index is 0.271. The molecule has 0 radical (unpaired) electrons. The SMILES string of the molecule is Cc1cc2nc(-c3ccccc3)cc(-c3ccccc3F)n2n1. The van der Waals surface area contributed by atoms with Crippen molar-refractivity contribution in [1.82, 2.24) is 14.6 Å². The van der Waals surface area contributed by atoms with Crippen molar-refractivity contribution in [2.24, 2.45) is 0 Å². The Bertz CT molecular complexity index is 990. The van der Waals surface area contributed by atoms with Gasteiger partial charge in [-0.1, -0.05) is 42.5 Å². The van der Waals surface area contributed by atoms with Crippen molar-refractivity contribution in [1.29, 1.82) is 0 Å². The van der Waals surface area contributed by atoms with Crippen molar-refractivity contribution >= 4 is 5.65 Å². The van der Waals surface area contributed by atoms with E-state index in [-0.39, 0.29) is 5.82 Å². The van der Waals surface area contributed by atoms with Crippen LogP contribution in [0.25, 0.3) is 28.2 Å². The number of hydrogen-bond acceptors (Lipinski definition) is 2. The average molecular weight is 303 g/mol. The predicted molar refractivity (Wildman–Crippen MR) is 88.6 cm³/mol. The summed E-state index contributed by atoms with van der Waals surface area (Å²) in [5.41, 5.74) is 4.56. The summed E-state index contributed by atoms with van der Waals surface area (Å²) in [6.45, 7) is 1.90. The number of aryl methyl sites for hydroxylation is 1. The zero-order valence-electron chi connectivity index (χ0n) is 12.6. The van der Waals surface area contributed by atoms with Crippen LogP contribution in [0.5, 0.6) is 0 Å². The van der Waals surface area contributed by atoms with Crippen molar-refractivity contribution in [3.63, 3.8) is 0 Å². The highest BCUT2D eigenvalue weighted by Crippen LogP contribution is 2.28. The third-order valence-electron chi connectivity index (χ3n) is 3.77. The maximum absolute atomic E-state index is 14.3. The van der Waals surface area contributed by atoms with Crippen LogP contribution in [-0.2, 0) is 0 Å². The number of aromatic nitrogens is 3. The van der Waals surface area contributed by atoms with E-state index in [0.29, 0.717) is 16.9 Å². The number of halogens is 1. The van der Waals surface area contributed by atoms with Crippen LogP contribution < -0.4 is 0 Å². The fraction of sp³-hybridized carbons (Fsp3) is 0.0526. The highest BCUT2D eigenvalue weighted by molar-refractivity contribution is 5.71. The number of benzene rings is 2. The molecule has 4 rings (SSSR count). The molecule has 0 saturated carbocycles. The first kappa shape index (κ1) is 13.6. The Hall–Kier alpha value is -3.01. The van der Waals surface area contributed by atoms with Crippen LogP contribution in [0, 0.1) is 12.7 Å². The summed E-state index contributed by atoms with van der Waals surface area (Å²) in [5.74, 6) is -0.271. The molecular formula is C19H14FN3. The van der Waals surface area contributed by atoms with Gasteiger partial charge in [0.2, 0.25) is 0 Å². The summed E-state index contributed by atoms with van der Waals surface area (Å²) in [6, 6.07) is 20.4. The molecule has 0 aliphatic heterocycles. The first-order chi connectivity index (χ1) is 11.2. The van der Waals surface area contributed by atoms with Crippen LogP contribution in [0.2, 0.25) is 0 Å². The minimum Gasteiger partial charge on any atom is -0.228 e. The maximum Gasteiger partial charge on any atom is 0.156 e. The predicted octanol–water partition coefficient (Wildman–Crippen LogP) is 4.51. The third-order valence-corrected chi connectivity index (χ3v) is 3.77. The standard InChI is InChI=1S/C19H14FN3/c1-13-11-19-21-17(14-7-3-2-4-8-14)12-18(23(19)22-13)15-9-5-6-10-16(15)20/h2-12H,1H3. The van der Waals surface area contributed by atoms with Gasteiger partial charge < -0.3 is 0 Å². The highest BCUT2D eigenvalue weighted by atomic mass is 19.1. The van der Waals surface area contributed by atoms with E-state index in [2.05, 4.69) is 10.1 Å². The zero-order chi connectivity index (χ0) is 15.8. The second kappa shape index (κ2) is 5.32. The molecule has 0 unspecified atom stereocenters. The van der Waals surface area contributed by atoms with E-state index in [1.54, 1.807) is 16.6 Å². The van der Waals surface area contributed by atoms with Crippen LogP contribution in [0.4, 0.5) is 4.39 Å². The molecule has 23 heavy (non-hydrogen) atoms. The Morgan fingerprint density at radius 3 is 2.43 bits per heavy atom. The molecule has 0 spiro atoms. The summed E-state index contributed by atoms with van der Waals surface area (Å²) < 4.78 is 16.0. The number of rotatable bonds is 2. The van der Waals surface area contributed by atoms with Crippen LogP contribution in [0.1, 0.15) is 5.69 Å². The lowest BCUT2D eigenvalue weighted by atomic mass is 10.1. The number of fused-ring (bicyclic) bond motifs is 1. The first-order valence-corrected chi connectivity index (χ1v) is 7.40. The molecule has 4 aromatic rings. The lowest BCUT2D eigenvalue weighted by Crippen LogP contribution is -1.99. The van der Waals surface area contributed by atoms with Gasteiger partial charge in [-0.25, -0.2) is 13.9 Å². The Kier molecular flexibility index (Phi) is 3.15. The van der Waals surface area contributed by atoms with Gasteiger partial charge in [0.25, 0.3) is 0 Å². The van der Waals surface area contributed by atoms with Crippen molar-refractivity contribution in [2.45, 2.75) is 6.92 Å². The molecule has 0 aliphatic rings. The summed E-state index contributed by atoms with van der Waals surface area (Å²) in [7, 11) is 0. The maximum atomic E-state index is 14.3. The monoisotopic (exact) mass is 303 g/mol. The number of nitrogens with zero attached hydrogens (tertiary/aromatic N) is 3. The van der Waals surface area contributed by atoms with E-state index < -0.39 is 0 Å². The van der Waals surface area contributed by atoms with Gasteiger partial charge in [0.15, 0.2) is 5.65 Å². The van der Waals surface area contributed by atoms with Gasteiger partial charge in [0.05, 0.1) is 17.1 Å². The van der Waals surface area contributed by atoms with Crippen molar-refractivity contribution in [2.75, 3.05) is 0 Å². The van der Waals surface area contributed by atoms with Gasteiger partial charge in [-0.2, -0.15) is 5.10 Å². The Labute approximate surface area is 133 Å². The third kappa shape index (κ3) is 2.38. The molecule has 0 atom stereocenters. The van der Waals surface area contributed by atoms with Gasteiger partial charge in [0, 0.05) is 17.2 Å². The minimum atomic E-state index is -0.271. The highest BCUT2D eigenvalue weighted by Gasteiger charge is 2.13. The molecule has 0 saturated heterocycles. The van der Waals surface area contributed by atoms with Gasteiger partial charge in [-0.3, -0.25) is 0 Å². The van der Waals surface area contributed by atoms with E-state index >= 15 is 0 Å². The lowest BCUT2D eigenvalue weighted by Gasteiger charge is -2.09. The second-order valence-corrected chi connectivity index (χ2v) is 5.43.